The number of primary amides is 1. The van der Waals surface area contributed by atoms with E-state index in [1.54, 1.807) is 12.1 Å². The van der Waals surface area contributed by atoms with Gasteiger partial charge in [0.1, 0.15) is 11.6 Å². The number of aromatic nitrogens is 1. The lowest BCUT2D eigenvalue weighted by atomic mass is 9.87. The first kappa shape index (κ1) is 26.8. The number of hydrogen-bond acceptors (Lipinski definition) is 3. The standard InChI is InChI=1S/C25H21F2N3O.C2HF3O2/c1-13-21(14-5-7-16(26)8-6-14)23-22(20(27)11-19(25(28)31)24(23)30-13)18-4-2-3-15-12-29-10-9-17(15)18;3-2(4,5)1(6)7/h2-8,11,29-30H,9-10,12H2,1H3,(H2,28,31);(H,6,7). The molecule has 2 heterocycles. The number of carboxylic acids is 1. The van der Waals surface area contributed by atoms with Crippen LogP contribution in [-0.2, 0) is 17.8 Å². The molecule has 0 saturated carbocycles. The molecule has 1 aliphatic heterocycles. The molecule has 3 aromatic carbocycles. The summed E-state index contributed by atoms with van der Waals surface area (Å²) in [5.41, 5.74) is 11.9. The van der Waals surface area contributed by atoms with Crippen molar-refractivity contribution in [3.05, 3.63) is 82.5 Å². The number of carboxylic acid groups (broad SMARTS) is 1. The average molecular weight is 531 g/mol. The zero-order valence-corrected chi connectivity index (χ0v) is 20.0. The van der Waals surface area contributed by atoms with Gasteiger partial charge in [-0.3, -0.25) is 4.79 Å². The second-order valence-electron chi connectivity index (χ2n) is 8.70. The summed E-state index contributed by atoms with van der Waals surface area (Å²) in [6.07, 6.45) is -4.31. The summed E-state index contributed by atoms with van der Waals surface area (Å²) in [5.74, 6) is -4.32. The summed E-state index contributed by atoms with van der Waals surface area (Å²) in [6.45, 7) is 3.39. The number of aryl methyl sites for hydroxylation is 1. The van der Waals surface area contributed by atoms with Crippen molar-refractivity contribution in [1.29, 1.82) is 0 Å². The molecule has 5 rings (SSSR count). The number of nitrogens with two attached hydrogens (primary N) is 1. The highest BCUT2D eigenvalue weighted by atomic mass is 19.4. The van der Waals surface area contributed by atoms with Gasteiger partial charge < -0.3 is 21.1 Å². The second-order valence-corrected chi connectivity index (χ2v) is 8.70. The van der Waals surface area contributed by atoms with E-state index in [0.29, 0.717) is 16.5 Å². The zero-order valence-electron chi connectivity index (χ0n) is 20.0. The fourth-order valence-electron chi connectivity index (χ4n) is 4.67. The van der Waals surface area contributed by atoms with Gasteiger partial charge in [-0.2, -0.15) is 13.2 Å². The molecule has 198 valence electrons. The monoisotopic (exact) mass is 531 g/mol. The topological polar surface area (TPSA) is 108 Å². The number of H-pyrrole nitrogens is 1. The summed E-state index contributed by atoms with van der Waals surface area (Å²) in [5, 5.41) is 11.1. The molecule has 6 nitrogen and oxygen atoms in total. The summed E-state index contributed by atoms with van der Waals surface area (Å²) in [4.78, 5) is 24.3. The van der Waals surface area contributed by atoms with E-state index in [2.05, 4.69) is 10.3 Å². The Morgan fingerprint density at radius 1 is 1.03 bits per heavy atom. The average Bonchev–Trinajstić information content (AvgIpc) is 3.20. The predicted molar refractivity (Wildman–Crippen MR) is 131 cm³/mol. The third-order valence-electron chi connectivity index (χ3n) is 6.27. The van der Waals surface area contributed by atoms with Crippen molar-refractivity contribution in [2.75, 3.05) is 6.54 Å². The number of alkyl halides is 3. The Hall–Kier alpha value is -4.25. The van der Waals surface area contributed by atoms with Gasteiger partial charge in [-0.1, -0.05) is 30.3 Å². The van der Waals surface area contributed by atoms with Crippen molar-refractivity contribution in [2.45, 2.75) is 26.1 Å². The van der Waals surface area contributed by atoms with Gasteiger partial charge in [0.05, 0.1) is 11.1 Å². The van der Waals surface area contributed by atoms with Gasteiger partial charge in [-0.05, 0) is 60.3 Å². The molecule has 0 radical (unpaired) electrons. The van der Waals surface area contributed by atoms with E-state index in [-0.39, 0.29) is 11.4 Å². The van der Waals surface area contributed by atoms with Crippen molar-refractivity contribution in [2.24, 2.45) is 5.73 Å². The number of aromatic amines is 1. The van der Waals surface area contributed by atoms with Crippen molar-refractivity contribution < 1.29 is 36.6 Å². The molecule has 11 heteroatoms. The smallest absolute Gasteiger partial charge is 0.475 e. The normalized spacial score (nSPS) is 13.0. The molecule has 1 aliphatic rings. The lowest BCUT2D eigenvalue weighted by molar-refractivity contribution is -0.192. The van der Waals surface area contributed by atoms with Crippen molar-refractivity contribution in [3.63, 3.8) is 0 Å². The molecule has 5 N–H and O–H groups in total. The molecule has 0 unspecified atom stereocenters. The van der Waals surface area contributed by atoms with Crippen molar-refractivity contribution >= 4 is 22.8 Å². The third-order valence-corrected chi connectivity index (χ3v) is 6.27. The van der Waals surface area contributed by atoms with E-state index in [1.807, 2.05) is 25.1 Å². The Labute approximate surface area is 213 Å². The van der Waals surface area contributed by atoms with E-state index < -0.39 is 23.9 Å². The summed E-state index contributed by atoms with van der Waals surface area (Å²) in [6, 6.07) is 13.2. The van der Waals surface area contributed by atoms with Crippen LogP contribution in [-0.4, -0.2) is 34.7 Å². The Morgan fingerprint density at radius 3 is 2.29 bits per heavy atom. The number of benzene rings is 3. The Kier molecular flexibility index (Phi) is 7.23. The quantitative estimate of drug-likeness (QED) is 0.263. The van der Waals surface area contributed by atoms with Gasteiger partial charge in [0.25, 0.3) is 5.91 Å². The zero-order chi connectivity index (χ0) is 27.8. The van der Waals surface area contributed by atoms with Crippen LogP contribution < -0.4 is 11.1 Å². The minimum atomic E-state index is -5.08. The van der Waals surface area contributed by atoms with E-state index in [9.17, 15) is 22.4 Å². The van der Waals surface area contributed by atoms with Crippen LogP contribution in [0.5, 0.6) is 0 Å². The van der Waals surface area contributed by atoms with E-state index in [1.165, 1.54) is 18.2 Å². The molecule has 38 heavy (non-hydrogen) atoms. The van der Waals surface area contributed by atoms with E-state index in [4.69, 9.17) is 15.6 Å². The van der Waals surface area contributed by atoms with Crippen LogP contribution in [0.1, 0.15) is 27.2 Å². The lowest BCUT2D eigenvalue weighted by Crippen LogP contribution is -2.24. The Balaban J connectivity index is 0.000000426. The Bertz CT molecular complexity index is 1540. The second kappa shape index (κ2) is 10.3. The maximum Gasteiger partial charge on any atom is 0.490 e. The summed E-state index contributed by atoms with van der Waals surface area (Å²) in [7, 11) is 0. The van der Waals surface area contributed by atoms with Gasteiger partial charge in [0, 0.05) is 28.8 Å². The largest absolute Gasteiger partial charge is 0.490 e. The highest BCUT2D eigenvalue weighted by molar-refractivity contribution is 6.15. The number of fused-ring (bicyclic) bond motifs is 2. The minimum absolute atomic E-state index is 0.0965. The maximum absolute atomic E-state index is 15.7. The number of rotatable bonds is 3. The molecule has 0 fully saturated rings. The number of aliphatic carboxylic acids is 1. The molecular weight excluding hydrogens is 509 g/mol. The number of nitrogens with one attached hydrogen (secondary N) is 2. The van der Waals surface area contributed by atoms with Crippen LogP contribution in [0.3, 0.4) is 0 Å². The van der Waals surface area contributed by atoms with Crippen LogP contribution in [0.15, 0.2) is 48.5 Å². The molecule has 0 spiro atoms. The number of carbonyl (C=O) groups is 2. The van der Waals surface area contributed by atoms with Crippen LogP contribution >= 0.6 is 0 Å². The van der Waals surface area contributed by atoms with Gasteiger partial charge in [0.2, 0.25) is 0 Å². The minimum Gasteiger partial charge on any atom is -0.475 e. The van der Waals surface area contributed by atoms with E-state index in [0.717, 1.165) is 53.0 Å². The first-order valence-electron chi connectivity index (χ1n) is 11.4. The molecular formula is C27H22F5N3O3. The van der Waals surface area contributed by atoms with Crippen LogP contribution in [0.2, 0.25) is 0 Å². The first-order valence-corrected chi connectivity index (χ1v) is 11.4. The van der Waals surface area contributed by atoms with Crippen molar-refractivity contribution in [1.82, 2.24) is 10.3 Å². The number of hydrogen-bond donors (Lipinski definition) is 4. The fourth-order valence-corrected chi connectivity index (χ4v) is 4.67. The fraction of sp³-hybridized carbons (Fsp3) is 0.185. The Morgan fingerprint density at radius 2 is 1.68 bits per heavy atom. The molecule has 1 aromatic heterocycles. The highest BCUT2D eigenvalue weighted by Gasteiger charge is 2.38. The van der Waals surface area contributed by atoms with E-state index >= 15 is 4.39 Å². The van der Waals surface area contributed by atoms with Gasteiger partial charge in [0.15, 0.2) is 0 Å². The predicted octanol–water partition coefficient (Wildman–Crippen LogP) is 5.47. The number of carbonyl (C=O) groups excluding carboxylic acids is 1. The summed E-state index contributed by atoms with van der Waals surface area (Å²) >= 11 is 0. The molecule has 4 aromatic rings. The SMILES string of the molecule is Cc1[nH]c2c(C(N)=O)cc(F)c(-c3cccc4c3CCNC4)c2c1-c1ccc(F)cc1.O=C(O)C(F)(F)F. The first-order chi connectivity index (χ1) is 17.9. The van der Waals surface area contributed by atoms with Crippen LogP contribution in [0.25, 0.3) is 33.2 Å². The van der Waals surface area contributed by atoms with Crippen molar-refractivity contribution in [3.8, 4) is 22.3 Å². The van der Waals surface area contributed by atoms with Gasteiger partial charge in [-0.15, -0.1) is 0 Å². The highest BCUT2D eigenvalue weighted by Crippen LogP contribution is 2.43. The molecule has 0 atom stereocenters. The van der Waals surface area contributed by atoms with Gasteiger partial charge in [-0.25, -0.2) is 13.6 Å². The molecule has 0 bridgehead atoms. The third kappa shape index (κ3) is 5.10. The van der Waals surface area contributed by atoms with Gasteiger partial charge >= 0.3 is 12.1 Å². The molecule has 1 amide bonds. The van der Waals surface area contributed by atoms with Crippen LogP contribution in [0, 0.1) is 18.6 Å². The lowest BCUT2D eigenvalue weighted by Gasteiger charge is -2.22. The number of halogens is 5. The number of amides is 1. The molecule has 0 saturated heterocycles. The van der Waals surface area contributed by atoms with Crippen LogP contribution in [0.4, 0.5) is 22.0 Å². The molecule has 0 aliphatic carbocycles. The summed E-state index contributed by atoms with van der Waals surface area (Å²) < 4.78 is 61.0. The maximum atomic E-state index is 15.7.